The molecule has 0 heterocycles. The predicted octanol–water partition coefficient (Wildman–Crippen LogP) is 3.53. The van der Waals surface area contributed by atoms with Crippen LogP contribution in [0.2, 0.25) is 0 Å². The van der Waals surface area contributed by atoms with E-state index in [1.54, 1.807) is 36.4 Å². The lowest BCUT2D eigenvalue weighted by molar-refractivity contribution is 0.0596. The van der Waals surface area contributed by atoms with Gasteiger partial charge in [0.05, 0.1) is 23.9 Å². The third-order valence-corrected chi connectivity index (χ3v) is 5.45. The van der Waals surface area contributed by atoms with E-state index in [9.17, 15) is 18.0 Å². The highest BCUT2D eigenvalue weighted by molar-refractivity contribution is 7.92. The standard InChI is InChI=1S/C21H18N2O5S/c1-28-21(25)17-12-6-8-14-19(17)29(26,27)23-18-13-7-5-11-16(18)20(24)22-15-9-3-2-4-10-15/h2-14,23H,1H3,(H,22,24). The van der Waals surface area contributed by atoms with Crippen LogP contribution in [0.3, 0.4) is 0 Å². The molecule has 0 radical (unpaired) electrons. The minimum Gasteiger partial charge on any atom is -0.465 e. The van der Waals surface area contributed by atoms with Crippen molar-refractivity contribution in [2.45, 2.75) is 4.90 Å². The first-order valence-corrected chi connectivity index (χ1v) is 10.1. The van der Waals surface area contributed by atoms with Gasteiger partial charge in [-0.3, -0.25) is 9.52 Å². The van der Waals surface area contributed by atoms with Crippen LogP contribution < -0.4 is 10.0 Å². The van der Waals surface area contributed by atoms with E-state index in [-0.39, 0.29) is 21.7 Å². The lowest BCUT2D eigenvalue weighted by Crippen LogP contribution is -2.20. The molecule has 1 amide bonds. The molecule has 0 unspecified atom stereocenters. The number of anilines is 2. The van der Waals surface area contributed by atoms with E-state index in [2.05, 4.69) is 14.8 Å². The van der Waals surface area contributed by atoms with Gasteiger partial charge < -0.3 is 10.1 Å². The Morgan fingerprint density at radius 1 is 0.793 bits per heavy atom. The fourth-order valence-corrected chi connectivity index (χ4v) is 3.95. The monoisotopic (exact) mass is 410 g/mol. The minimum absolute atomic E-state index is 0.0839. The van der Waals surface area contributed by atoms with Crippen LogP contribution in [-0.4, -0.2) is 27.4 Å². The number of hydrogen-bond donors (Lipinski definition) is 2. The van der Waals surface area contributed by atoms with Crippen LogP contribution in [-0.2, 0) is 14.8 Å². The molecule has 0 saturated carbocycles. The first-order chi connectivity index (χ1) is 13.9. The van der Waals surface area contributed by atoms with Gasteiger partial charge in [-0.15, -0.1) is 0 Å². The molecule has 3 aromatic rings. The molecule has 8 heteroatoms. The number of esters is 1. The summed E-state index contributed by atoms with van der Waals surface area (Å²) < 4.78 is 32.9. The Labute approximate surface area is 168 Å². The number of ether oxygens (including phenoxy) is 1. The first kappa shape index (κ1) is 20.1. The van der Waals surface area contributed by atoms with Crippen molar-refractivity contribution >= 4 is 33.3 Å². The third kappa shape index (κ3) is 4.61. The highest BCUT2D eigenvalue weighted by Crippen LogP contribution is 2.23. The van der Waals surface area contributed by atoms with Crippen molar-refractivity contribution in [1.29, 1.82) is 0 Å². The number of amides is 1. The summed E-state index contributed by atoms with van der Waals surface area (Å²) >= 11 is 0. The Hall–Kier alpha value is -3.65. The zero-order chi connectivity index (χ0) is 20.9. The number of sulfonamides is 1. The zero-order valence-electron chi connectivity index (χ0n) is 15.5. The molecular weight excluding hydrogens is 392 g/mol. The maximum absolute atomic E-state index is 12.9. The Kier molecular flexibility index (Phi) is 5.94. The van der Waals surface area contributed by atoms with Crippen molar-refractivity contribution < 1.29 is 22.7 Å². The highest BCUT2D eigenvalue weighted by atomic mass is 32.2. The van der Waals surface area contributed by atoms with E-state index < -0.39 is 21.9 Å². The smallest absolute Gasteiger partial charge is 0.339 e. The second-order valence-electron chi connectivity index (χ2n) is 5.96. The van der Waals surface area contributed by atoms with Crippen LogP contribution in [0.4, 0.5) is 11.4 Å². The van der Waals surface area contributed by atoms with Gasteiger partial charge in [0, 0.05) is 5.69 Å². The number of para-hydroxylation sites is 2. The van der Waals surface area contributed by atoms with Crippen LogP contribution in [0.1, 0.15) is 20.7 Å². The SMILES string of the molecule is COC(=O)c1ccccc1S(=O)(=O)Nc1ccccc1C(=O)Nc1ccccc1. The number of benzene rings is 3. The molecule has 148 valence electrons. The normalized spacial score (nSPS) is 10.8. The van der Waals surface area contributed by atoms with Gasteiger partial charge in [0.15, 0.2) is 0 Å². The van der Waals surface area contributed by atoms with Crippen molar-refractivity contribution in [3.05, 3.63) is 90.0 Å². The summed E-state index contributed by atoms with van der Waals surface area (Å²) in [6.45, 7) is 0. The van der Waals surface area contributed by atoms with E-state index in [1.807, 2.05) is 6.07 Å². The summed E-state index contributed by atoms with van der Waals surface area (Å²) in [6, 6.07) is 20.7. The predicted molar refractivity (Wildman–Crippen MR) is 109 cm³/mol. The Bertz CT molecular complexity index is 1140. The van der Waals surface area contributed by atoms with E-state index in [0.29, 0.717) is 5.69 Å². The Balaban J connectivity index is 1.93. The number of methoxy groups -OCH3 is 1. The maximum Gasteiger partial charge on any atom is 0.339 e. The van der Waals surface area contributed by atoms with Crippen LogP contribution >= 0.6 is 0 Å². The van der Waals surface area contributed by atoms with Crippen molar-refractivity contribution in [2.24, 2.45) is 0 Å². The summed E-state index contributed by atoms with van der Waals surface area (Å²) in [7, 11) is -2.99. The average Bonchev–Trinajstić information content (AvgIpc) is 2.74. The average molecular weight is 410 g/mol. The van der Waals surface area contributed by atoms with E-state index in [1.165, 1.54) is 43.5 Å². The Morgan fingerprint density at radius 3 is 2.07 bits per heavy atom. The van der Waals surface area contributed by atoms with E-state index >= 15 is 0 Å². The molecule has 0 aromatic heterocycles. The molecule has 0 spiro atoms. The lowest BCUT2D eigenvalue weighted by Gasteiger charge is -2.14. The van der Waals surface area contributed by atoms with Gasteiger partial charge in [0.2, 0.25) is 0 Å². The summed E-state index contributed by atoms with van der Waals surface area (Å²) in [6.07, 6.45) is 0. The largest absolute Gasteiger partial charge is 0.465 e. The summed E-state index contributed by atoms with van der Waals surface area (Å²) in [5.74, 6) is -1.25. The number of rotatable bonds is 6. The first-order valence-electron chi connectivity index (χ1n) is 8.58. The maximum atomic E-state index is 12.9. The van der Waals surface area contributed by atoms with Gasteiger partial charge in [-0.1, -0.05) is 42.5 Å². The summed E-state index contributed by atoms with van der Waals surface area (Å²) in [4.78, 5) is 24.3. The van der Waals surface area contributed by atoms with Gasteiger partial charge in [0.25, 0.3) is 15.9 Å². The molecule has 0 aliphatic heterocycles. The molecule has 29 heavy (non-hydrogen) atoms. The molecule has 3 rings (SSSR count). The molecule has 0 fully saturated rings. The van der Waals surface area contributed by atoms with Crippen LogP contribution in [0.15, 0.2) is 83.8 Å². The van der Waals surface area contributed by atoms with Gasteiger partial charge in [0.1, 0.15) is 4.90 Å². The fraction of sp³-hybridized carbons (Fsp3) is 0.0476. The van der Waals surface area contributed by atoms with Gasteiger partial charge in [-0.2, -0.15) is 0 Å². The van der Waals surface area contributed by atoms with Crippen molar-refractivity contribution in [3.8, 4) is 0 Å². The van der Waals surface area contributed by atoms with Gasteiger partial charge in [-0.05, 0) is 36.4 Å². The quantitative estimate of drug-likeness (QED) is 0.606. The molecule has 3 aromatic carbocycles. The molecule has 0 aliphatic carbocycles. The topological polar surface area (TPSA) is 102 Å². The van der Waals surface area contributed by atoms with Crippen molar-refractivity contribution in [1.82, 2.24) is 0 Å². The van der Waals surface area contributed by atoms with Crippen LogP contribution in [0.25, 0.3) is 0 Å². The van der Waals surface area contributed by atoms with Gasteiger partial charge in [-0.25, -0.2) is 13.2 Å². The minimum atomic E-state index is -4.16. The summed E-state index contributed by atoms with van der Waals surface area (Å²) in [5, 5.41) is 2.72. The molecule has 0 saturated heterocycles. The second kappa shape index (κ2) is 8.57. The zero-order valence-corrected chi connectivity index (χ0v) is 16.3. The lowest BCUT2D eigenvalue weighted by atomic mass is 10.1. The number of hydrogen-bond acceptors (Lipinski definition) is 5. The van der Waals surface area contributed by atoms with E-state index in [4.69, 9.17) is 0 Å². The second-order valence-corrected chi connectivity index (χ2v) is 7.61. The number of carbonyl (C=O) groups excluding carboxylic acids is 2. The summed E-state index contributed by atoms with van der Waals surface area (Å²) in [5.41, 5.74) is 0.691. The molecule has 0 atom stereocenters. The molecule has 2 N–H and O–H groups in total. The van der Waals surface area contributed by atoms with Crippen LogP contribution in [0.5, 0.6) is 0 Å². The molecular formula is C21H18N2O5S. The molecule has 0 bridgehead atoms. The van der Waals surface area contributed by atoms with E-state index in [0.717, 1.165) is 0 Å². The number of nitrogens with one attached hydrogen (secondary N) is 2. The van der Waals surface area contributed by atoms with Crippen LogP contribution in [0, 0.1) is 0 Å². The third-order valence-electron chi connectivity index (χ3n) is 4.03. The Morgan fingerprint density at radius 2 is 1.38 bits per heavy atom. The highest BCUT2D eigenvalue weighted by Gasteiger charge is 2.24. The molecule has 7 nitrogen and oxygen atoms in total. The molecule has 0 aliphatic rings. The number of carbonyl (C=O) groups is 2. The van der Waals surface area contributed by atoms with Crippen molar-refractivity contribution in [2.75, 3.05) is 17.1 Å². The van der Waals surface area contributed by atoms with Gasteiger partial charge >= 0.3 is 5.97 Å². The fourth-order valence-electron chi connectivity index (χ4n) is 2.67. The van der Waals surface area contributed by atoms with Crippen molar-refractivity contribution in [3.63, 3.8) is 0 Å².